The minimum atomic E-state index is -0.491. The summed E-state index contributed by atoms with van der Waals surface area (Å²) in [4.78, 5) is 11.8. The first-order chi connectivity index (χ1) is 6.02. The van der Waals surface area contributed by atoms with E-state index in [1.807, 2.05) is 19.0 Å². The zero-order valence-corrected chi connectivity index (χ0v) is 7.52. The Kier molecular flexibility index (Phi) is 2.36. The number of nitrogens with two attached hydrogens (primary N) is 1. The molecule has 1 aromatic carbocycles. The second-order valence-electron chi connectivity index (χ2n) is 2.89. The predicted octanol–water partition coefficient (Wildman–Crippen LogP) is 1.24. The van der Waals surface area contributed by atoms with Gasteiger partial charge in [-0.15, -0.1) is 0 Å². The Hall–Kier alpha value is -1.78. The summed E-state index contributed by atoms with van der Waals surface area (Å²) in [5.41, 5.74) is 6.48. The lowest BCUT2D eigenvalue weighted by Gasteiger charge is -2.12. The van der Waals surface area contributed by atoms with E-state index in [1.54, 1.807) is 12.1 Å². The van der Waals surface area contributed by atoms with Crippen LogP contribution in [0.3, 0.4) is 0 Å². The van der Waals surface area contributed by atoms with Gasteiger partial charge >= 0.3 is 0 Å². The van der Waals surface area contributed by atoms with Gasteiger partial charge < -0.3 is 10.6 Å². The molecule has 0 aliphatic carbocycles. The predicted molar refractivity (Wildman–Crippen MR) is 51.8 cm³/mol. The lowest BCUT2D eigenvalue weighted by atomic mass is 10.2. The fourth-order valence-corrected chi connectivity index (χ4v) is 0.986. The smallest absolute Gasteiger partial charge is 0.292 e. The average Bonchev–Trinajstić information content (AvgIpc) is 2.03. The summed E-state index contributed by atoms with van der Waals surface area (Å²) < 4.78 is 0. The Morgan fingerprint density at radius 1 is 1.46 bits per heavy atom. The Morgan fingerprint density at radius 2 is 2.08 bits per heavy atom. The average molecular weight is 181 g/mol. The second-order valence-corrected chi connectivity index (χ2v) is 2.89. The number of nitro benzene ring substituents is 1. The third-order valence-corrected chi connectivity index (χ3v) is 1.72. The standard InChI is InChI=1S/C8H11N3O2/c1-10(2)6-3-4-8(11(12)13)7(9)5-6/h3-5H,9H2,1-2H3. The number of nitro groups is 1. The number of hydrogen-bond acceptors (Lipinski definition) is 4. The van der Waals surface area contributed by atoms with Crippen molar-refractivity contribution in [1.82, 2.24) is 0 Å². The van der Waals surface area contributed by atoms with Crippen molar-refractivity contribution in [1.29, 1.82) is 0 Å². The largest absolute Gasteiger partial charge is 0.393 e. The van der Waals surface area contributed by atoms with Gasteiger partial charge in [-0.3, -0.25) is 10.1 Å². The fraction of sp³-hybridized carbons (Fsp3) is 0.250. The molecule has 5 heteroatoms. The van der Waals surface area contributed by atoms with E-state index < -0.39 is 4.92 Å². The van der Waals surface area contributed by atoms with Gasteiger partial charge in [-0.25, -0.2) is 0 Å². The molecule has 0 aliphatic heterocycles. The lowest BCUT2D eigenvalue weighted by molar-refractivity contribution is -0.383. The lowest BCUT2D eigenvalue weighted by Crippen LogP contribution is -2.09. The maximum atomic E-state index is 10.4. The van der Waals surface area contributed by atoms with Crippen LogP contribution in [0.5, 0.6) is 0 Å². The molecule has 5 nitrogen and oxygen atoms in total. The van der Waals surface area contributed by atoms with Gasteiger partial charge in [0.25, 0.3) is 5.69 Å². The van der Waals surface area contributed by atoms with Crippen LogP contribution in [0, 0.1) is 10.1 Å². The Bertz CT molecular complexity index is 336. The van der Waals surface area contributed by atoms with Crippen molar-refractivity contribution >= 4 is 17.1 Å². The second kappa shape index (κ2) is 3.30. The summed E-state index contributed by atoms with van der Waals surface area (Å²) in [7, 11) is 3.70. The number of nitrogens with zero attached hydrogens (tertiary/aromatic N) is 2. The molecule has 70 valence electrons. The molecule has 0 unspecified atom stereocenters. The van der Waals surface area contributed by atoms with Crippen LogP contribution in [0.2, 0.25) is 0 Å². The summed E-state index contributed by atoms with van der Waals surface area (Å²) in [6.45, 7) is 0. The molecule has 0 aromatic heterocycles. The van der Waals surface area contributed by atoms with Crippen molar-refractivity contribution < 1.29 is 4.92 Å². The molecule has 0 atom stereocenters. The van der Waals surface area contributed by atoms with Crippen LogP contribution >= 0.6 is 0 Å². The van der Waals surface area contributed by atoms with Gasteiger partial charge in [0.1, 0.15) is 5.69 Å². The summed E-state index contributed by atoms with van der Waals surface area (Å²) in [5, 5.41) is 10.4. The molecule has 0 saturated carbocycles. The molecule has 0 amide bonds. The molecule has 13 heavy (non-hydrogen) atoms. The first-order valence-corrected chi connectivity index (χ1v) is 3.73. The zero-order chi connectivity index (χ0) is 10.0. The highest BCUT2D eigenvalue weighted by Crippen LogP contribution is 2.25. The molecule has 1 rings (SSSR count). The highest BCUT2D eigenvalue weighted by atomic mass is 16.6. The maximum absolute atomic E-state index is 10.4. The fourth-order valence-electron chi connectivity index (χ4n) is 0.986. The summed E-state index contributed by atoms with van der Waals surface area (Å²) in [6.07, 6.45) is 0. The van der Waals surface area contributed by atoms with Crippen molar-refractivity contribution in [2.45, 2.75) is 0 Å². The van der Waals surface area contributed by atoms with E-state index in [4.69, 9.17) is 5.73 Å². The minimum Gasteiger partial charge on any atom is -0.393 e. The minimum absolute atomic E-state index is 0.0504. The molecule has 0 bridgehead atoms. The van der Waals surface area contributed by atoms with E-state index in [0.717, 1.165) is 5.69 Å². The molecular weight excluding hydrogens is 170 g/mol. The van der Waals surface area contributed by atoms with E-state index in [-0.39, 0.29) is 11.4 Å². The maximum Gasteiger partial charge on any atom is 0.292 e. The number of benzene rings is 1. The van der Waals surface area contributed by atoms with Gasteiger partial charge in [0, 0.05) is 25.8 Å². The number of anilines is 2. The molecule has 1 aromatic rings. The summed E-state index contributed by atoms with van der Waals surface area (Å²) in [5.74, 6) is 0. The van der Waals surface area contributed by atoms with E-state index in [0.29, 0.717) is 0 Å². The first kappa shape index (κ1) is 9.31. The first-order valence-electron chi connectivity index (χ1n) is 3.73. The van der Waals surface area contributed by atoms with Crippen LogP contribution in [0.15, 0.2) is 18.2 Å². The normalized spacial score (nSPS) is 9.69. The van der Waals surface area contributed by atoms with Crippen LogP contribution in [0.25, 0.3) is 0 Å². The van der Waals surface area contributed by atoms with Gasteiger partial charge in [-0.1, -0.05) is 0 Å². The molecular formula is C8H11N3O2. The molecule has 0 radical (unpaired) electrons. The molecule has 2 N–H and O–H groups in total. The Morgan fingerprint density at radius 3 is 2.46 bits per heavy atom. The van der Waals surface area contributed by atoms with E-state index in [1.165, 1.54) is 6.07 Å². The Labute approximate surface area is 75.9 Å². The van der Waals surface area contributed by atoms with Crippen LogP contribution in [-0.2, 0) is 0 Å². The van der Waals surface area contributed by atoms with Crippen LogP contribution < -0.4 is 10.6 Å². The monoisotopic (exact) mass is 181 g/mol. The number of rotatable bonds is 2. The van der Waals surface area contributed by atoms with Crippen LogP contribution in [0.4, 0.5) is 17.1 Å². The van der Waals surface area contributed by atoms with Gasteiger partial charge in [0.2, 0.25) is 0 Å². The molecule has 0 spiro atoms. The SMILES string of the molecule is CN(C)c1ccc([N+](=O)[O-])c(N)c1. The topological polar surface area (TPSA) is 72.4 Å². The molecule has 0 saturated heterocycles. The van der Waals surface area contributed by atoms with E-state index in [9.17, 15) is 10.1 Å². The van der Waals surface area contributed by atoms with Crippen molar-refractivity contribution in [3.8, 4) is 0 Å². The molecule has 0 aliphatic rings. The van der Waals surface area contributed by atoms with Crippen molar-refractivity contribution in [2.24, 2.45) is 0 Å². The summed E-state index contributed by atoms with van der Waals surface area (Å²) in [6, 6.07) is 4.65. The highest BCUT2D eigenvalue weighted by Gasteiger charge is 2.11. The van der Waals surface area contributed by atoms with Crippen molar-refractivity contribution in [3.63, 3.8) is 0 Å². The molecule has 0 heterocycles. The number of nitrogen functional groups attached to an aromatic ring is 1. The Balaban J connectivity index is 3.13. The van der Waals surface area contributed by atoms with Gasteiger partial charge in [0.15, 0.2) is 0 Å². The zero-order valence-electron chi connectivity index (χ0n) is 7.52. The van der Waals surface area contributed by atoms with Gasteiger partial charge in [0.05, 0.1) is 4.92 Å². The highest BCUT2D eigenvalue weighted by molar-refractivity contribution is 5.66. The van der Waals surface area contributed by atoms with E-state index in [2.05, 4.69) is 0 Å². The van der Waals surface area contributed by atoms with Crippen molar-refractivity contribution in [2.75, 3.05) is 24.7 Å². The van der Waals surface area contributed by atoms with Crippen LogP contribution in [-0.4, -0.2) is 19.0 Å². The van der Waals surface area contributed by atoms with Crippen molar-refractivity contribution in [3.05, 3.63) is 28.3 Å². The molecule has 0 fully saturated rings. The summed E-state index contributed by atoms with van der Waals surface area (Å²) >= 11 is 0. The van der Waals surface area contributed by atoms with Gasteiger partial charge in [-0.05, 0) is 12.1 Å². The third kappa shape index (κ3) is 1.87. The quantitative estimate of drug-likeness (QED) is 0.423. The van der Waals surface area contributed by atoms with Crippen LogP contribution in [0.1, 0.15) is 0 Å². The third-order valence-electron chi connectivity index (χ3n) is 1.72. The number of hydrogen-bond donors (Lipinski definition) is 1. The van der Waals surface area contributed by atoms with E-state index >= 15 is 0 Å². The van der Waals surface area contributed by atoms with Gasteiger partial charge in [-0.2, -0.15) is 0 Å².